The van der Waals surface area contributed by atoms with E-state index in [4.69, 9.17) is 14.4 Å². The molecule has 5 nitrogen and oxygen atoms in total. The van der Waals surface area contributed by atoms with E-state index >= 15 is 0 Å². The van der Waals surface area contributed by atoms with Crippen LogP contribution in [-0.2, 0) is 0 Å². The molecule has 0 saturated carbocycles. The quantitative estimate of drug-likeness (QED) is 0.170. The summed E-state index contributed by atoms with van der Waals surface area (Å²) in [4.78, 5) is 12.7. The van der Waals surface area contributed by atoms with Gasteiger partial charge in [0.15, 0.2) is 5.84 Å². The number of hydrogen-bond acceptors (Lipinski definition) is 5. The fourth-order valence-corrected chi connectivity index (χ4v) is 7.60. The fourth-order valence-electron chi connectivity index (χ4n) is 7.60. The highest BCUT2D eigenvalue weighted by atomic mass is 16.3. The van der Waals surface area contributed by atoms with Crippen molar-refractivity contribution < 1.29 is 4.42 Å². The lowest BCUT2D eigenvalue weighted by Gasteiger charge is -2.28. The van der Waals surface area contributed by atoms with Gasteiger partial charge in [0.25, 0.3) is 0 Å². The van der Waals surface area contributed by atoms with Crippen molar-refractivity contribution in [1.29, 1.82) is 0 Å². The van der Waals surface area contributed by atoms with Gasteiger partial charge in [-0.1, -0.05) is 164 Å². The second-order valence-corrected chi connectivity index (χ2v) is 13.9. The monoisotopic (exact) mass is 720 g/mol. The molecule has 266 valence electrons. The molecule has 0 bridgehead atoms. The van der Waals surface area contributed by atoms with Crippen LogP contribution in [0.15, 0.2) is 221 Å². The highest BCUT2D eigenvalue weighted by Gasteiger charge is 2.27. The Morgan fingerprint density at radius 1 is 0.429 bits per heavy atom. The fraction of sp³-hybridized carbons (Fsp3) is 0.0196. The van der Waals surface area contributed by atoms with Gasteiger partial charge >= 0.3 is 0 Å². The van der Waals surface area contributed by atoms with Crippen molar-refractivity contribution >= 4 is 50.7 Å². The van der Waals surface area contributed by atoms with E-state index in [-0.39, 0.29) is 0 Å². The van der Waals surface area contributed by atoms with E-state index in [1.807, 2.05) is 60.7 Å². The first-order chi connectivity index (χ1) is 27.7. The molecular weight excluding hydrogens is 685 g/mol. The number of para-hydroxylation sites is 1. The van der Waals surface area contributed by atoms with Gasteiger partial charge in [-0.15, -0.1) is 0 Å². The molecular formula is C51H36N4O. The van der Waals surface area contributed by atoms with Crippen LogP contribution in [0, 0.1) is 0 Å². The predicted molar refractivity (Wildman–Crippen MR) is 231 cm³/mol. The maximum atomic E-state index is 6.69. The highest BCUT2D eigenvalue weighted by Crippen LogP contribution is 2.43. The van der Waals surface area contributed by atoms with Crippen molar-refractivity contribution in [2.24, 2.45) is 9.98 Å². The number of nitrogens with zero attached hydrogens (tertiary/aromatic N) is 3. The Labute approximate surface area is 325 Å². The first kappa shape index (κ1) is 33.1. The zero-order chi connectivity index (χ0) is 37.3. The summed E-state index contributed by atoms with van der Waals surface area (Å²) in [5.41, 5.74) is 12.2. The number of anilines is 3. The standard InChI is InChI=1S/C51H36N4O/c1-5-15-35(16-6-1)37-25-29-41(30-26-37)55(42-31-27-38(28-32-42)36-17-7-2-8-18-36)43-33-45(48-44-23-13-14-24-46(44)56-47(48)34-43)51-53-49(39-19-9-3-10-20-39)52-50(54-51)40-21-11-4-12-22-40/h1-34,51H,(H,52,53,54). The number of hydrogen-bond donors (Lipinski definition) is 1. The van der Waals surface area contributed by atoms with Crippen molar-refractivity contribution in [2.75, 3.05) is 4.90 Å². The zero-order valence-electron chi connectivity index (χ0n) is 30.5. The molecule has 1 aliphatic rings. The molecule has 2 heterocycles. The molecule has 1 unspecified atom stereocenters. The van der Waals surface area contributed by atoms with Crippen LogP contribution in [0.2, 0.25) is 0 Å². The number of furan rings is 1. The normalized spacial score (nSPS) is 13.9. The number of benzene rings is 8. The van der Waals surface area contributed by atoms with E-state index in [1.54, 1.807) is 0 Å². The van der Waals surface area contributed by atoms with Gasteiger partial charge in [-0.25, -0.2) is 9.98 Å². The molecule has 0 saturated heterocycles. The average molecular weight is 721 g/mol. The van der Waals surface area contributed by atoms with E-state index in [2.05, 4.69) is 156 Å². The molecule has 0 fully saturated rings. The predicted octanol–water partition coefficient (Wildman–Crippen LogP) is 12.9. The molecule has 0 spiro atoms. The number of nitrogens with one attached hydrogen (secondary N) is 1. The van der Waals surface area contributed by atoms with Crippen LogP contribution in [0.3, 0.4) is 0 Å². The van der Waals surface area contributed by atoms with Crippen molar-refractivity contribution in [3.05, 3.63) is 223 Å². The summed E-state index contributed by atoms with van der Waals surface area (Å²) >= 11 is 0. The number of fused-ring (bicyclic) bond motifs is 3. The van der Waals surface area contributed by atoms with Gasteiger partial charge in [-0.05, 0) is 58.7 Å². The van der Waals surface area contributed by atoms with Gasteiger partial charge in [0.2, 0.25) is 0 Å². The third kappa shape index (κ3) is 6.31. The van der Waals surface area contributed by atoms with Crippen molar-refractivity contribution in [3.8, 4) is 22.3 Å². The first-order valence-corrected chi connectivity index (χ1v) is 18.9. The minimum atomic E-state index is -0.468. The summed E-state index contributed by atoms with van der Waals surface area (Å²) in [6.07, 6.45) is -0.468. The second-order valence-electron chi connectivity index (χ2n) is 13.9. The summed E-state index contributed by atoms with van der Waals surface area (Å²) in [6.45, 7) is 0. The Hall–Kier alpha value is -7.50. The van der Waals surface area contributed by atoms with Gasteiger partial charge in [-0.3, -0.25) is 0 Å². The Balaban J connectivity index is 1.17. The largest absolute Gasteiger partial charge is 0.456 e. The Morgan fingerprint density at radius 3 is 1.48 bits per heavy atom. The molecule has 1 aromatic heterocycles. The maximum absolute atomic E-state index is 6.69. The second kappa shape index (κ2) is 14.4. The third-order valence-electron chi connectivity index (χ3n) is 10.3. The Bertz CT molecular complexity index is 2770. The lowest BCUT2D eigenvalue weighted by atomic mass is 10.00. The number of rotatable bonds is 8. The van der Waals surface area contributed by atoms with Crippen LogP contribution in [0.4, 0.5) is 17.1 Å². The molecule has 1 atom stereocenters. The molecule has 56 heavy (non-hydrogen) atoms. The molecule has 5 heteroatoms. The molecule has 1 N–H and O–H groups in total. The van der Waals surface area contributed by atoms with Gasteiger partial charge in [0, 0.05) is 44.9 Å². The van der Waals surface area contributed by atoms with E-state index in [0.717, 1.165) is 72.7 Å². The summed E-state index contributed by atoms with van der Waals surface area (Å²) in [6, 6.07) is 71.6. The van der Waals surface area contributed by atoms with Crippen LogP contribution >= 0.6 is 0 Å². The summed E-state index contributed by atoms with van der Waals surface area (Å²) in [7, 11) is 0. The van der Waals surface area contributed by atoms with Crippen molar-refractivity contribution in [1.82, 2.24) is 5.32 Å². The van der Waals surface area contributed by atoms with E-state index < -0.39 is 6.17 Å². The molecule has 0 aliphatic carbocycles. The average Bonchev–Trinajstić information content (AvgIpc) is 3.66. The summed E-state index contributed by atoms with van der Waals surface area (Å²) in [5, 5.41) is 5.79. The summed E-state index contributed by atoms with van der Waals surface area (Å²) in [5.74, 6) is 1.44. The van der Waals surface area contributed by atoms with Crippen LogP contribution in [0.5, 0.6) is 0 Å². The van der Waals surface area contributed by atoms with Gasteiger partial charge < -0.3 is 14.6 Å². The van der Waals surface area contributed by atoms with Gasteiger partial charge in [-0.2, -0.15) is 0 Å². The molecule has 10 rings (SSSR count). The first-order valence-electron chi connectivity index (χ1n) is 18.9. The van der Waals surface area contributed by atoms with E-state index in [9.17, 15) is 0 Å². The maximum Gasteiger partial charge on any atom is 0.159 e. The lowest BCUT2D eigenvalue weighted by molar-refractivity contribution is 0.662. The van der Waals surface area contributed by atoms with Crippen LogP contribution in [0.25, 0.3) is 44.2 Å². The smallest absolute Gasteiger partial charge is 0.159 e. The van der Waals surface area contributed by atoms with E-state index in [0.29, 0.717) is 5.84 Å². The van der Waals surface area contributed by atoms with Crippen LogP contribution in [-0.4, -0.2) is 11.7 Å². The number of amidine groups is 2. The van der Waals surface area contributed by atoms with Crippen molar-refractivity contribution in [2.45, 2.75) is 6.17 Å². The Kier molecular flexibility index (Phi) is 8.50. The summed E-state index contributed by atoms with van der Waals surface area (Å²) < 4.78 is 6.69. The Morgan fingerprint density at radius 2 is 0.911 bits per heavy atom. The topological polar surface area (TPSA) is 53.1 Å². The van der Waals surface area contributed by atoms with Gasteiger partial charge in [0.05, 0.1) is 5.69 Å². The minimum Gasteiger partial charge on any atom is -0.456 e. The molecule has 9 aromatic rings. The van der Waals surface area contributed by atoms with Gasteiger partial charge in [0.1, 0.15) is 23.2 Å². The van der Waals surface area contributed by atoms with Crippen LogP contribution < -0.4 is 10.2 Å². The minimum absolute atomic E-state index is 0.468. The highest BCUT2D eigenvalue weighted by molar-refractivity contribution is 6.14. The van der Waals surface area contributed by atoms with Crippen molar-refractivity contribution in [3.63, 3.8) is 0 Å². The zero-order valence-corrected chi connectivity index (χ0v) is 30.5. The number of aliphatic imine (C=N–C) groups is 2. The van der Waals surface area contributed by atoms with E-state index in [1.165, 1.54) is 11.1 Å². The molecule has 0 amide bonds. The lowest BCUT2D eigenvalue weighted by Crippen LogP contribution is -2.33. The molecule has 8 aromatic carbocycles. The molecule has 0 radical (unpaired) electrons. The third-order valence-corrected chi connectivity index (χ3v) is 10.3. The molecule has 1 aliphatic heterocycles. The SMILES string of the molecule is c1ccc(C2=NC(c3cc(N(c4ccc(-c5ccccc5)cc4)c4ccc(-c5ccccc5)cc4)cc4oc5ccccc5c34)NC(c3ccccc3)=N2)cc1. The van der Waals surface area contributed by atoms with Crippen LogP contribution in [0.1, 0.15) is 22.9 Å².